The van der Waals surface area contributed by atoms with E-state index >= 15 is 0 Å². The molecule has 6 nitrogen and oxygen atoms in total. The molecule has 0 aromatic rings. The Morgan fingerprint density at radius 2 is 1.64 bits per heavy atom. The van der Waals surface area contributed by atoms with Crippen molar-refractivity contribution >= 4 is 21.9 Å². The lowest BCUT2D eigenvalue weighted by Gasteiger charge is -2.31. The quantitative estimate of drug-likeness (QED) is 0.284. The van der Waals surface area contributed by atoms with Gasteiger partial charge in [0.15, 0.2) is 15.8 Å². The highest BCUT2D eigenvalue weighted by Crippen LogP contribution is 2.11. The minimum Gasteiger partial charge on any atom is -0.736 e. The Balaban J connectivity index is 0. The second kappa shape index (κ2) is 5.84. The predicted octanol–water partition coefficient (Wildman–Crippen LogP) is -0.956. The minimum atomic E-state index is -4.42. The number of alkyl halides is 1. The molecule has 0 saturated carbocycles. The average Bonchev–Trinajstić information content (AvgIpc) is 1.79. The normalized spacial score (nSPS) is 16.6. The molecule has 0 heterocycles. The van der Waals surface area contributed by atoms with Crippen LogP contribution in [0.4, 0.5) is 0 Å². The van der Waals surface area contributed by atoms with E-state index in [1.807, 2.05) is 21.1 Å². The molecule has 0 aliphatic heterocycles. The van der Waals surface area contributed by atoms with Crippen molar-refractivity contribution in [1.29, 1.82) is 0 Å². The van der Waals surface area contributed by atoms with Gasteiger partial charge in [-0.15, -0.1) is 0 Å². The van der Waals surface area contributed by atoms with Gasteiger partial charge in [-0.05, 0) is 6.92 Å². The molecule has 8 heteroatoms. The zero-order chi connectivity index (χ0) is 12.2. The topological polar surface area (TPSA) is 103 Å². The molecule has 0 spiro atoms. The number of hydrogen-bond donors (Lipinski definition) is 2. The van der Waals surface area contributed by atoms with Gasteiger partial charge in [0.05, 0.1) is 21.1 Å². The molecule has 0 fully saturated rings. The maximum atomic E-state index is 9.01. The Morgan fingerprint density at radius 1 is 1.43 bits per heavy atom. The molecule has 14 heavy (non-hydrogen) atoms. The summed E-state index contributed by atoms with van der Waals surface area (Å²) in [6.07, 6.45) is -0.452. The molecule has 0 aliphatic rings. The Labute approximate surface area is 89.7 Å². The van der Waals surface area contributed by atoms with Crippen molar-refractivity contribution in [2.45, 2.75) is 18.5 Å². The Bertz CT molecular complexity index is 239. The smallest absolute Gasteiger partial charge is 0.190 e. The zero-order valence-corrected chi connectivity index (χ0v) is 10.2. The van der Waals surface area contributed by atoms with Crippen LogP contribution >= 0.6 is 11.6 Å². The van der Waals surface area contributed by atoms with Crippen LogP contribution in [0.25, 0.3) is 0 Å². The van der Waals surface area contributed by atoms with Gasteiger partial charge in [0.25, 0.3) is 0 Å². The van der Waals surface area contributed by atoms with Gasteiger partial charge in [-0.2, -0.15) is 0 Å². The molecule has 3 N–H and O–H groups in total. The summed E-state index contributed by atoms with van der Waals surface area (Å²) in [6, 6.07) is 0. The Morgan fingerprint density at radius 3 is 1.64 bits per heavy atom. The second-order valence-electron chi connectivity index (χ2n) is 3.72. The SMILES string of the molecule is CC(O)C(Cl)[N+](C)(C)C.NS(=O)(=O)[O-]. The van der Waals surface area contributed by atoms with Crippen LogP contribution in [0.15, 0.2) is 0 Å². The first kappa shape index (κ1) is 16.5. The fourth-order valence-corrected chi connectivity index (χ4v) is 0.647. The summed E-state index contributed by atoms with van der Waals surface area (Å²) in [5, 5.41) is 12.8. The molecule has 0 saturated heterocycles. The van der Waals surface area contributed by atoms with Gasteiger partial charge in [-0.25, -0.2) is 13.6 Å². The molecule has 0 aliphatic carbocycles. The molecule has 0 bridgehead atoms. The first-order valence-corrected chi connectivity index (χ1v) is 5.63. The van der Waals surface area contributed by atoms with Gasteiger partial charge in [-0.1, -0.05) is 11.6 Å². The van der Waals surface area contributed by atoms with E-state index in [0.717, 1.165) is 0 Å². The van der Waals surface area contributed by atoms with Crippen molar-refractivity contribution in [3.8, 4) is 0 Å². The maximum absolute atomic E-state index is 9.01. The summed E-state index contributed by atoms with van der Waals surface area (Å²) < 4.78 is 27.1. The molecule has 2 atom stereocenters. The molecule has 0 amide bonds. The highest BCUT2D eigenvalue weighted by atomic mass is 35.5. The van der Waals surface area contributed by atoms with E-state index in [0.29, 0.717) is 4.48 Å². The van der Waals surface area contributed by atoms with Crippen molar-refractivity contribution in [1.82, 2.24) is 0 Å². The number of aliphatic hydroxyl groups is 1. The van der Waals surface area contributed by atoms with Gasteiger partial charge in [0, 0.05) is 0 Å². The summed E-state index contributed by atoms with van der Waals surface area (Å²) in [7, 11) is 1.43. The van der Waals surface area contributed by atoms with E-state index in [1.54, 1.807) is 6.92 Å². The standard InChI is InChI=1S/C6H15ClNO.H3NO3S/c1-5(9)6(7)8(2,3)4;1-5(2,3)4/h5-6,9H,1-4H3;(H3,1,2,3,4)/q+1;/p-1. The first-order chi connectivity index (χ1) is 5.85. The van der Waals surface area contributed by atoms with Gasteiger partial charge < -0.3 is 14.1 Å². The number of nitrogens with zero attached hydrogens (tertiary/aromatic N) is 1. The van der Waals surface area contributed by atoms with E-state index in [1.165, 1.54) is 0 Å². The van der Waals surface area contributed by atoms with Crippen LogP contribution in [0.3, 0.4) is 0 Å². The van der Waals surface area contributed by atoms with Gasteiger partial charge in [-0.3, -0.25) is 0 Å². The summed E-state index contributed by atoms with van der Waals surface area (Å²) in [6.45, 7) is 1.70. The number of quaternary nitrogens is 1. The lowest BCUT2D eigenvalue weighted by atomic mass is 10.3. The van der Waals surface area contributed by atoms with Gasteiger partial charge in [0.1, 0.15) is 6.10 Å². The third kappa shape index (κ3) is 14.6. The predicted molar refractivity (Wildman–Crippen MR) is 53.2 cm³/mol. The third-order valence-corrected chi connectivity index (χ3v) is 2.09. The number of hydrogen-bond acceptors (Lipinski definition) is 4. The summed E-state index contributed by atoms with van der Waals surface area (Å²) in [5.74, 6) is 0. The number of nitrogens with two attached hydrogens (primary N) is 1. The number of aliphatic hydroxyl groups excluding tert-OH is 1. The van der Waals surface area contributed by atoms with E-state index in [4.69, 9.17) is 29.7 Å². The number of likely N-dealkylation sites (N-methyl/N-ethyl adjacent to an activating group) is 1. The number of halogens is 1. The maximum Gasteiger partial charge on any atom is 0.190 e. The van der Waals surface area contributed by atoms with E-state index in [-0.39, 0.29) is 5.50 Å². The van der Waals surface area contributed by atoms with Crippen LogP contribution in [0, 0.1) is 0 Å². The molecule has 0 radical (unpaired) electrons. The average molecular weight is 249 g/mol. The van der Waals surface area contributed by atoms with E-state index in [2.05, 4.69) is 5.14 Å². The summed E-state index contributed by atoms with van der Waals surface area (Å²) >= 11 is 5.81. The van der Waals surface area contributed by atoms with Crippen molar-refractivity contribution in [2.24, 2.45) is 5.14 Å². The highest BCUT2D eigenvalue weighted by Gasteiger charge is 2.25. The molecular formula is C6H17ClN2O4S. The van der Waals surface area contributed by atoms with Crippen LogP contribution in [0.1, 0.15) is 6.92 Å². The van der Waals surface area contributed by atoms with Crippen molar-refractivity contribution < 1.29 is 22.6 Å². The first-order valence-electron chi connectivity index (χ1n) is 3.72. The highest BCUT2D eigenvalue weighted by molar-refractivity contribution is 7.83. The van der Waals surface area contributed by atoms with Crippen LogP contribution in [0.5, 0.6) is 0 Å². The third-order valence-electron chi connectivity index (χ3n) is 1.14. The van der Waals surface area contributed by atoms with Gasteiger partial charge >= 0.3 is 0 Å². The second-order valence-corrected chi connectivity index (χ2v) is 5.16. The van der Waals surface area contributed by atoms with Crippen molar-refractivity contribution in [3.05, 3.63) is 0 Å². The summed E-state index contributed by atoms with van der Waals surface area (Å²) in [4.78, 5) is 0. The number of rotatable bonds is 2. The van der Waals surface area contributed by atoms with Crippen LogP contribution in [-0.2, 0) is 10.3 Å². The molecule has 0 aromatic heterocycles. The lowest BCUT2D eigenvalue weighted by molar-refractivity contribution is -0.885. The van der Waals surface area contributed by atoms with Crippen LogP contribution in [-0.4, -0.2) is 55.3 Å². The molecule has 0 rings (SSSR count). The lowest BCUT2D eigenvalue weighted by Crippen LogP contribution is -2.47. The fraction of sp³-hybridized carbons (Fsp3) is 1.00. The minimum absolute atomic E-state index is 0.218. The summed E-state index contributed by atoms with van der Waals surface area (Å²) in [5.41, 5.74) is -0.218. The molecular weight excluding hydrogens is 232 g/mol. The van der Waals surface area contributed by atoms with Crippen molar-refractivity contribution in [3.63, 3.8) is 0 Å². The Kier molecular flexibility index (Phi) is 6.88. The molecule has 88 valence electrons. The van der Waals surface area contributed by atoms with E-state index < -0.39 is 16.4 Å². The van der Waals surface area contributed by atoms with Crippen LogP contribution in [0.2, 0.25) is 0 Å². The fourth-order valence-electron chi connectivity index (χ4n) is 0.647. The van der Waals surface area contributed by atoms with E-state index in [9.17, 15) is 0 Å². The monoisotopic (exact) mass is 248 g/mol. The molecule has 2 unspecified atom stereocenters. The zero-order valence-electron chi connectivity index (χ0n) is 8.64. The van der Waals surface area contributed by atoms with Gasteiger partial charge in [0.2, 0.25) is 0 Å². The largest absolute Gasteiger partial charge is 0.736 e. The molecule has 0 aromatic carbocycles. The Hall–Kier alpha value is 0.0800. The van der Waals surface area contributed by atoms with Crippen LogP contribution < -0.4 is 5.14 Å². The van der Waals surface area contributed by atoms with Crippen molar-refractivity contribution in [2.75, 3.05) is 21.1 Å².